The van der Waals surface area contributed by atoms with Crippen molar-refractivity contribution in [2.45, 2.75) is 32.4 Å². The lowest BCUT2D eigenvalue weighted by atomic mass is 10.1. The first kappa shape index (κ1) is 24.6. The van der Waals surface area contributed by atoms with Gasteiger partial charge < -0.3 is 5.32 Å². The highest BCUT2D eigenvalue weighted by Crippen LogP contribution is 2.43. The highest BCUT2D eigenvalue weighted by atomic mass is 35.5. The van der Waals surface area contributed by atoms with E-state index in [1.807, 2.05) is 81.4 Å². The molecule has 1 fully saturated rings. The molecule has 1 saturated heterocycles. The molecule has 0 saturated carbocycles. The van der Waals surface area contributed by atoms with Gasteiger partial charge in [0, 0.05) is 10.7 Å². The molecule has 0 spiro atoms. The number of carbonyl (C=O) groups excluding carboxylic acids is 2. The van der Waals surface area contributed by atoms with Crippen LogP contribution >= 0.6 is 23.4 Å². The second-order valence-corrected chi connectivity index (χ2v) is 10.1. The quantitative estimate of drug-likeness (QED) is 0.327. The highest BCUT2D eigenvalue weighted by molar-refractivity contribution is 8.05. The maximum Gasteiger partial charge on any atom is 0.269 e. The Kier molecular flexibility index (Phi) is 7.30. The minimum Gasteiger partial charge on any atom is -0.321 e. The van der Waals surface area contributed by atoms with Crippen molar-refractivity contribution in [3.63, 3.8) is 0 Å². The van der Waals surface area contributed by atoms with Crippen LogP contribution in [0.25, 0.3) is 0 Å². The molecule has 0 aliphatic carbocycles. The van der Waals surface area contributed by atoms with Crippen molar-refractivity contribution in [3.8, 4) is 6.07 Å². The second kappa shape index (κ2) is 10.4. The number of hydrogen-bond donors (Lipinski definition) is 1. The standard InChI is InChI=1S/C28H24ClN3O2S/c1-17-7-6-9-21(13-17)31-26(33)22(16-30)28-32(24-10-5-4-8-19(24)3)27(34)25(35-28)15-20-12-11-18(2)23(29)14-20/h4-14,25H,15H2,1-3H3,(H,31,33)/b28-22-/t25-/m0/s1. The van der Waals surface area contributed by atoms with Crippen LogP contribution in [0.3, 0.4) is 0 Å². The van der Waals surface area contributed by atoms with Crippen molar-refractivity contribution in [2.75, 3.05) is 10.2 Å². The van der Waals surface area contributed by atoms with Gasteiger partial charge in [-0.15, -0.1) is 0 Å². The summed E-state index contributed by atoms with van der Waals surface area (Å²) in [5.74, 6) is -0.724. The average Bonchev–Trinajstić information content (AvgIpc) is 3.12. The average molecular weight is 502 g/mol. The molecular weight excluding hydrogens is 478 g/mol. The number of anilines is 2. The Bertz CT molecular complexity index is 1390. The molecule has 3 aromatic rings. The van der Waals surface area contributed by atoms with Crippen LogP contribution < -0.4 is 10.2 Å². The van der Waals surface area contributed by atoms with Crippen LogP contribution in [0.1, 0.15) is 22.3 Å². The van der Waals surface area contributed by atoms with Crippen molar-refractivity contribution >= 4 is 46.6 Å². The predicted molar refractivity (Wildman–Crippen MR) is 142 cm³/mol. The SMILES string of the molecule is Cc1cccc(NC(=O)/C(C#N)=C2\S[C@@H](Cc3ccc(C)c(Cl)c3)C(=O)N2c2ccccc2C)c1. The van der Waals surface area contributed by atoms with Crippen molar-refractivity contribution in [2.24, 2.45) is 0 Å². The molecule has 0 aromatic heterocycles. The molecule has 35 heavy (non-hydrogen) atoms. The zero-order valence-corrected chi connectivity index (χ0v) is 21.2. The molecule has 0 unspecified atom stereocenters. The molecule has 1 heterocycles. The van der Waals surface area contributed by atoms with Crippen LogP contribution in [-0.2, 0) is 16.0 Å². The van der Waals surface area contributed by atoms with Gasteiger partial charge in [0.1, 0.15) is 16.7 Å². The summed E-state index contributed by atoms with van der Waals surface area (Å²) in [6.45, 7) is 5.75. The third-order valence-electron chi connectivity index (χ3n) is 5.80. The van der Waals surface area contributed by atoms with E-state index in [2.05, 4.69) is 11.4 Å². The zero-order valence-electron chi connectivity index (χ0n) is 19.6. The Balaban J connectivity index is 1.75. The van der Waals surface area contributed by atoms with Gasteiger partial charge in [0.15, 0.2) is 0 Å². The molecule has 5 nitrogen and oxygen atoms in total. The fraction of sp³-hybridized carbons (Fsp3) is 0.179. The molecule has 176 valence electrons. The lowest BCUT2D eigenvalue weighted by molar-refractivity contribution is -0.117. The minimum atomic E-state index is -0.550. The maximum absolute atomic E-state index is 13.7. The summed E-state index contributed by atoms with van der Waals surface area (Å²) in [5.41, 5.74) is 4.87. The summed E-state index contributed by atoms with van der Waals surface area (Å²) < 4.78 is 0. The first-order chi connectivity index (χ1) is 16.8. The van der Waals surface area contributed by atoms with Crippen LogP contribution in [0.5, 0.6) is 0 Å². The zero-order chi connectivity index (χ0) is 25.1. The van der Waals surface area contributed by atoms with Crippen molar-refractivity contribution in [3.05, 3.63) is 105 Å². The van der Waals surface area contributed by atoms with Crippen LogP contribution in [0.15, 0.2) is 77.3 Å². The van der Waals surface area contributed by atoms with Gasteiger partial charge in [-0.2, -0.15) is 5.26 Å². The number of rotatable bonds is 5. The van der Waals surface area contributed by atoms with Crippen LogP contribution in [0.2, 0.25) is 5.02 Å². The molecule has 1 N–H and O–H groups in total. The third-order valence-corrected chi connectivity index (χ3v) is 7.47. The van der Waals surface area contributed by atoms with Gasteiger partial charge in [-0.3, -0.25) is 14.5 Å². The summed E-state index contributed by atoms with van der Waals surface area (Å²) >= 11 is 7.54. The monoisotopic (exact) mass is 501 g/mol. The molecule has 1 aliphatic heterocycles. The van der Waals surface area contributed by atoms with Gasteiger partial charge in [-0.05, 0) is 73.7 Å². The summed E-state index contributed by atoms with van der Waals surface area (Å²) in [5, 5.41) is 13.3. The molecule has 1 aliphatic rings. The van der Waals surface area contributed by atoms with E-state index in [1.54, 1.807) is 6.07 Å². The summed E-state index contributed by atoms with van der Waals surface area (Å²) in [7, 11) is 0. The lowest BCUT2D eigenvalue weighted by Gasteiger charge is -2.20. The Labute approximate surface area is 214 Å². The van der Waals surface area contributed by atoms with Crippen LogP contribution in [0, 0.1) is 32.1 Å². The van der Waals surface area contributed by atoms with Gasteiger partial charge in [-0.1, -0.05) is 65.8 Å². The largest absolute Gasteiger partial charge is 0.321 e. The number of para-hydroxylation sites is 1. The van der Waals surface area contributed by atoms with Crippen molar-refractivity contribution in [1.82, 2.24) is 0 Å². The number of aryl methyl sites for hydroxylation is 3. The number of amides is 2. The Hall–Kier alpha value is -3.53. The number of halogens is 1. The minimum absolute atomic E-state index is 0.0995. The van der Waals surface area contributed by atoms with Gasteiger partial charge in [-0.25, -0.2) is 0 Å². The molecule has 0 radical (unpaired) electrons. The molecule has 3 aromatic carbocycles. The number of nitrogens with zero attached hydrogens (tertiary/aromatic N) is 2. The molecule has 2 amide bonds. The highest BCUT2D eigenvalue weighted by Gasteiger charge is 2.41. The molecule has 7 heteroatoms. The molecular formula is C28H24ClN3O2S. The number of nitrogens with one attached hydrogen (secondary N) is 1. The molecule has 1 atom stereocenters. The number of benzene rings is 3. The number of nitriles is 1. The van der Waals surface area contributed by atoms with Gasteiger partial charge in [0.05, 0.1) is 10.9 Å². The van der Waals surface area contributed by atoms with Crippen LogP contribution in [-0.4, -0.2) is 17.1 Å². The van der Waals surface area contributed by atoms with E-state index in [0.29, 0.717) is 27.8 Å². The van der Waals surface area contributed by atoms with E-state index in [9.17, 15) is 14.9 Å². The van der Waals surface area contributed by atoms with E-state index in [-0.39, 0.29) is 11.5 Å². The Morgan fingerprint density at radius 2 is 1.83 bits per heavy atom. The van der Waals surface area contributed by atoms with E-state index >= 15 is 0 Å². The number of hydrogen-bond acceptors (Lipinski definition) is 4. The molecule has 0 bridgehead atoms. The molecule has 4 rings (SSSR count). The Morgan fingerprint density at radius 1 is 1.06 bits per heavy atom. The maximum atomic E-state index is 13.7. The summed E-state index contributed by atoms with van der Waals surface area (Å²) in [6.07, 6.45) is 0.424. The van der Waals surface area contributed by atoms with Crippen molar-refractivity contribution < 1.29 is 9.59 Å². The smallest absolute Gasteiger partial charge is 0.269 e. The van der Waals surface area contributed by atoms with E-state index < -0.39 is 11.2 Å². The fourth-order valence-electron chi connectivity index (χ4n) is 3.91. The summed E-state index contributed by atoms with van der Waals surface area (Å²) in [4.78, 5) is 28.4. The first-order valence-corrected chi connectivity index (χ1v) is 12.4. The van der Waals surface area contributed by atoms with E-state index in [0.717, 1.165) is 22.3 Å². The van der Waals surface area contributed by atoms with Crippen LogP contribution in [0.4, 0.5) is 11.4 Å². The van der Waals surface area contributed by atoms with Gasteiger partial charge in [0.25, 0.3) is 5.91 Å². The topological polar surface area (TPSA) is 73.2 Å². The van der Waals surface area contributed by atoms with Gasteiger partial charge in [0.2, 0.25) is 5.91 Å². The van der Waals surface area contributed by atoms with Crippen molar-refractivity contribution in [1.29, 1.82) is 5.26 Å². The summed E-state index contributed by atoms with van der Waals surface area (Å²) in [6, 6.07) is 22.6. The Morgan fingerprint density at radius 3 is 2.51 bits per heavy atom. The third kappa shape index (κ3) is 5.27. The number of carbonyl (C=O) groups is 2. The predicted octanol–water partition coefficient (Wildman–Crippen LogP) is 6.33. The normalized spacial score (nSPS) is 16.7. The fourth-order valence-corrected chi connectivity index (χ4v) is 5.42. The van der Waals surface area contributed by atoms with Gasteiger partial charge >= 0.3 is 0 Å². The van der Waals surface area contributed by atoms with E-state index in [4.69, 9.17) is 11.6 Å². The first-order valence-electron chi connectivity index (χ1n) is 11.1. The second-order valence-electron chi connectivity index (χ2n) is 8.47. The number of thioether (sulfide) groups is 1. The lowest BCUT2D eigenvalue weighted by Crippen LogP contribution is -2.31. The van der Waals surface area contributed by atoms with E-state index in [1.165, 1.54) is 16.7 Å².